The summed E-state index contributed by atoms with van der Waals surface area (Å²) in [6.45, 7) is 3.61. The first-order valence-corrected chi connectivity index (χ1v) is 6.71. The summed E-state index contributed by atoms with van der Waals surface area (Å²) < 4.78 is 0. The summed E-state index contributed by atoms with van der Waals surface area (Å²) >= 11 is 0. The third-order valence-corrected chi connectivity index (χ3v) is 3.19. The van der Waals surface area contributed by atoms with Gasteiger partial charge in [0.15, 0.2) is 0 Å². The van der Waals surface area contributed by atoms with Gasteiger partial charge in [-0.1, -0.05) is 25.0 Å². The highest BCUT2D eigenvalue weighted by atomic mass is 16.6. The van der Waals surface area contributed by atoms with Crippen molar-refractivity contribution in [3.63, 3.8) is 0 Å². The van der Waals surface area contributed by atoms with Crippen molar-refractivity contribution >= 4 is 5.69 Å². The molecule has 0 atom stereocenters. The molecular formula is C14H22N2O3. The number of nitrogens with zero attached hydrogens (tertiary/aromatic N) is 1. The Morgan fingerprint density at radius 1 is 1.26 bits per heavy atom. The van der Waals surface area contributed by atoms with E-state index in [2.05, 4.69) is 5.32 Å². The molecule has 2 N–H and O–H groups in total. The predicted molar refractivity (Wildman–Crippen MR) is 75.1 cm³/mol. The minimum Gasteiger partial charge on any atom is -0.396 e. The molecule has 1 aromatic rings. The molecule has 0 saturated heterocycles. The van der Waals surface area contributed by atoms with Crippen molar-refractivity contribution in [1.29, 1.82) is 0 Å². The topological polar surface area (TPSA) is 75.4 Å². The number of nitrogens with one attached hydrogen (secondary N) is 1. The van der Waals surface area contributed by atoms with Crippen molar-refractivity contribution in [1.82, 2.24) is 5.32 Å². The van der Waals surface area contributed by atoms with Gasteiger partial charge in [-0.2, -0.15) is 0 Å². The molecular weight excluding hydrogens is 244 g/mol. The maximum absolute atomic E-state index is 10.8. The number of unbranched alkanes of at least 4 members (excludes halogenated alkanes) is 3. The van der Waals surface area contributed by atoms with Crippen molar-refractivity contribution < 1.29 is 10.0 Å². The molecule has 1 rings (SSSR count). The smallest absolute Gasteiger partial charge is 0.272 e. The molecule has 19 heavy (non-hydrogen) atoms. The molecule has 0 spiro atoms. The highest BCUT2D eigenvalue weighted by molar-refractivity contribution is 5.44. The minimum absolute atomic E-state index is 0.183. The van der Waals surface area contributed by atoms with Crippen LogP contribution in [0.4, 0.5) is 5.69 Å². The van der Waals surface area contributed by atoms with E-state index in [1.165, 1.54) is 6.07 Å². The van der Waals surface area contributed by atoms with Gasteiger partial charge in [-0.3, -0.25) is 10.1 Å². The highest BCUT2D eigenvalue weighted by Gasteiger charge is 2.12. The lowest BCUT2D eigenvalue weighted by Gasteiger charge is -2.08. The Bertz CT molecular complexity index is 408. The van der Waals surface area contributed by atoms with Gasteiger partial charge in [-0.15, -0.1) is 0 Å². The number of rotatable bonds is 9. The second-order valence-corrected chi connectivity index (χ2v) is 4.63. The normalized spacial score (nSPS) is 10.6. The standard InChI is InChI=1S/C14H22N2O3/c1-12-13(7-6-8-14(12)16(18)19)11-15-9-4-2-3-5-10-17/h6-8,15,17H,2-5,9-11H2,1H3. The van der Waals surface area contributed by atoms with Gasteiger partial charge in [0.2, 0.25) is 0 Å². The summed E-state index contributed by atoms with van der Waals surface area (Å²) in [6.07, 6.45) is 4.08. The Morgan fingerprint density at radius 3 is 2.68 bits per heavy atom. The van der Waals surface area contributed by atoms with Crippen LogP contribution >= 0.6 is 0 Å². The fourth-order valence-electron chi connectivity index (χ4n) is 2.00. The Balaban J connectivity index is 2.33. The molecule has 0 unspecified atom stereocenters. The van der Waals surface area contributed by atoms with Crippen molar-refractivity contribution in [2.45, 2.75) is 39.2 Å². The van der Waals surface area contributed by atoms with Crippen molar-refractivity contribution in [2.75, 3.05) is 13.2 Å². The van der Waals surface area contributed by atoms with Crippen LogP contribution in [-0.2, 0) is 6.54 Å². The van der Waals surface area contributed by atoms with Gasteiger partial charge in [0.1, 0.15) is 0 Å². The van der Waals surface area contributed by atoms with E-state index < -0.39 is 0 Å². The molecule has 1 aromatic carbocycles. The predicted octanol–water partition coefficient (Wildman–Crippen LogP) is 2.55. The molecule has 0 radical (unpaired) electrons. The summed E-state index contributed by atoms with van der Waals surface area (Å²) in [6, 6.07) is 5.18. The van der Waals surface area contributed by atoms with E-state index in [9.17, 15) is 10.1 Å². The fraction of sp³-hybridized carbons (Fsp3) is 0.571. The Labute approximate surface area is 113 Å². The quantitative estimate of drug-likeness (QED) is 0.409. The lowest BCUT2D eigenvalue weighted by molar-refractivity contribution is -0.385. The molecule has 0 heterocycles. The lowest BCUT2D eigenvalue weighted by atomic mass is 10.1. The largest absolute Gasteiger partial charge is 0.396 e. The minimum atomic E-state index is -0.340. The second kappa shape index (κ2) is 8.61. The molecule has 0 amide bonds. The van der Waals surface area contributed by atoms with Gasteiger partial charge >= 0.3 is 0 Å². The van der Waals surface area contributed by atoms with E-state index >= 15 is 0 Å². The van der Waals surface area contributed by atoms with Gasteiger partial charge in [0.05, 0.1) is 4.92 Å². The van der Waals surface area contributed by atoms with Crippen LogP contribution in [0.3, 0.4) is 0 Å². The van der Waals surface area contributed by atoms with Crippen LogP contribution in [0.5, 0.6) is 0 Å². The van der Waals surface area contributed by atoms with Crippen molar-refractivity contribution in [2.24, 2.45) is 0 Å². The third-order valence-electron chi connectivity index (χ3n) is 3.19. The Morgan fingerprint density at radius 2 is 2.00 bits per heavy atom. The van der Waals surface area contributed by atoms with E-state index in [1.54, 1.807) is 13.0 Å². The first-order chi connectivity index (χ1) is 9.16. The summed E-state index contributed by atoms with van der Waals surface area (Å²) in [4.78, 5) is 10.5. The van der Waals surface area contributed by atoms with E-state index in [4.69, 9.17) is 5.11 Å². The summed E-state index contributed by atoms with van der Waals surface area (Å²) in [5.41, 5.74) is 1.90. The molecule has 106 valence electrons. The first kappa shape index (κ1) is 15.6. The maximum atomic E-state index is 10.8. The number of benzene rings is 1. The third kappa shape index (κ3) is 5.36. The average molecular weight is 266 g/mol. The fourth-order valence-corrected chi connectivity index (χ4v) is 2.00. The number of nitro groups is 1. The number of aliphatic hydroxyl groups is 1. The van der Waals surface area contributed by atoms with Crippen LogP contribution in [0.25, 0.3) is 0 Å². The summed E-state index contributed by atoms with van der Waals surface area (Å²) in [5.74, 6) is 0. The van der Waals surface area contributed by atoms with Crippen molar-refractivity contribution in [3.8, 4) is 0 Å². The number of hydrogen-bond acceptors (Lipinski definition) is 4. The zero-order chi connectivity index (χ0) is 14.1. The van der Waals surface area contributed by atoms with E-state index in [1.807, 2.05) is 6.07 Å². The lowest BCUT2D eigenvalue weighted by Crippen LogP contribution is -2.15. The maximum Gasteiger partial charge on any atom is 0.272 e. The number of hydrogen-bond donors (Lipinski definition) is 2. The van der Waals surface area contributed by atoms with Crippen LogP contribution in [0, 0.1) is 17.0 Å². The zero-order valence-electron chi connectivity index (χ0n) is 11.4. The molecule has 0 saturated carbocycles. The van der Waals surface area contributed by atoms with E-state index in [-0.39, 0.29) is 17.2 Å². The van der Waals surface area contributed by atoms with Crippen LogP contribution in [0.15, 0.2) is 18.2 Å². The zero-order valence-corrected chi connectivity index (χ0v) is 11.4. The SMILES string of the molecule is Cc1c(CNCCCCCCO)cccc1[N+](=O)[O-]. The first-order valence-electron chi connectivity index (χ1n) is 6.71. The van der Waals surface area contributed by atoms with Gasteiger partial charge in [0.25, 0.3) is 5.69 Å². The molecule has 0 aromatic heterocycles. The van der Waals surface area contributed by atoms with Crippen molar-refractivity contribution in [3.05, 3.63) is 39.4 Å². The monoisotopic (exact) mass is 266 g/mol. The van der Waals surface area contributed by atoms with Crippen LogP contribution < -0.4 is 5.32 Å². The van der Waals surface area contributed by atoms with Crippen LogP contribution in [-0.4, -0.2) is 23.2 Å². The molecule has 5 nitrogen and oxygen atoms in total. The molecule has 0 aliphatic carbocycles. The molecule has 0 bridgehead atoms. The molecule has 0 fully saturated rings. The Hall–Kier alpha value is -1.46. The summed E-state index contributed by atoms with van der Waals surface area (Å²) in [7, 11) is 0. The van der Waals surface area contributed by atoms with E-state index in [0.29, 0.717) is 6.54 Å². The average Bonchev–Trinajstić information content (AvgIpc) is 2.39. The molecule has 0 aliphatic rings. The van der Waals surface area contributed by atoms with Gasteiger partial charge in [-0.25, -0.2) is 0 Å². The second-order valence-electron chi connectivity index (χ2n) is 4.63. The molecule has 5 heteroatoms. The molecule has 0 aliphatic heterocycles. The van der Waals surface area contributed by atoms with Gasteiger partial charge in [0, 0.05) is 24.8 Å². The summed E-state index contributed by atoms with van der Waals surface area (Å²) in [5, 5.41) is 22.8. The highest BCUT2D eigenvalue weighted by Crippen LogP contribution is 2.20. The number of nitro benzene ring substituents is 1. The van der Waals surface area contributed by atoms with Gasteiger partial charge < -0.3 is 10.4 Å². The Kier molecular flexibility index (Phi) is 7.07. The van der Waals surface area contributed by atoms with E-state index in [0.717, 1.165) is 43.4 Å². The van der Waals surface area contributed by atoms with Crippen LogP contribution in [0.1, 0.15) is 36.8 Å². The van der Waals surface area contributed by atoms with Gasteiger partial charge in [-0.05, 0) is 31.9 Å². The number of aliphatic hydroxyl groups excluding tert-OH is 1. The van der Waals surface area contributed by atoms with Crippen LogP contribution in [0.2, 0.25) is 0 Å².